The molecule has 0 spiro atoms. The Bertz CT molecular complexity index is 786. The minimum atomic E-state index is -0.313. The Morgan fingerprint density at radius 2 is 2.17 bits per heavy atom. The van der Waals surface area contributed by atoms with Gasteiger partial charge in [0.2, 0.25) is 0 Å². The molecule has 8 heteroatoms. The van der Waals surface area contributed by atoms with Crippen molar-refractivity contribution in [2.75, 3.05) is 6.54 Å². The first-order valence-electron chi connectivity index (χ1n) is 7.45. The predicted molar refractivity (Wildman–Crippen MR) is 89.8 cm³/mol. The molecule has 0 bridgehead atoms. The van der Waals surface area contributed by atoms with Crippen LogP contribution in [0.5, 0.6) is 5.75 Å². The minimum Gasteiger partial charge on any atom is -0.489 e. The molecule has 0 aliphatic rings. The fourth-order valence-corrected chi connectivity index (χ4v) is 2.84. The third kappa shape index (κ3) is 4.23. The van der Waals surface area contributed by atoms with Crippen molar-refractivity contribution in [3.05, 3.63) is 53.6 Å². The summed E-state index contributed by atoms with van der Waals surface area (Å²) in [7, 11) is 0. The highest BCUT2D eigenvalue weighted by atomic mass is 32.1. The topological polar surface area (TPSA) is 67.7 Å². The van der Waals surface area contributed by atoms with Crippen LogP contribution >= 0.6 is 11.3 Å². The Labute approximate surface area is 142 Å². The second-order valence-electron chi connectivity index (χ2n) is 5.27. The van der Waals surface area contributed by atoms with Gasteiger partial charge in [-0.2, -0.15) is 0 Å². The van der Waals surface area contributed by atoms with Gasteiger partial charge in [-0.25, -0.2) is 14.2 Å². The van der Waals surface area contributed by atoms with Crippen LogP contribution in [0.15, 0.2) is 42.0 Å². The number of ether oxygens (including phenoxy) is 1. The first kappa shape index (κ1) is 16.3. The van der Waals surface area contributed by atoms with Gasteiger partial charge in [-0.15, -0.1) is 11.3 Å². The molecule has 0 unspecified atom stereocenters. The maximum absolute atomic E-state index is 12.8. The number of carbonyl (C=O) groups excluding carboxylic acids is 1. The summed E-state index contributed by atoms with van der Waals surface area (Å²) in [6, 6.07) is 5.48. The first-order valence-corrected chi connectivity index (χ1v) is 8.33. The Morgan fingerprint density at radius 1 is 1.38 bits per heavy atom. The van der Waals surface area contributed by atoms with Crippen molar-refractivity contribution in [3.8, 4) is 5.75 Å². The van der Waals surface area contributed by atoms with Crippen molar-refractivity contribution in [2.24, 2.45) is 0 Å². The molecular weight excluding hydrogens is 331 g/mol. The van der Waals surface area contributed by atoms with Gasteiger partial charge >= 0.3 is 6.03 Å². The second-order valence-corrected chi connectivity index (χ2v) is 6.14. The fourth-order valence-electron chi connectivity index (χ4n) is 2.12. The zero-order valence-electron chi connectivity index (χ0n) is 13.0. The Kier molecular flexibility index (Phi) is 4.95. The molecule has 2 aromatic heterocycles. The van der Waals surface area contributed by atoms with Crippen LogP contribution in [-0.2, 0) is 6.54 Å². The number of rotatable bonds is 6. The van der Waals surface area contributed by atoms with Crippen molar-refractivity contribution in [2.45, 2.75) is 19.6 Å². The molecule has 0 fully saturated rings. The van der Waals surface area contributed by atoms with Crippen molar-refractivity contribution in [1.82, 2.24) is 20.0 Å². The number of nitrogens with zero attached hydrogens (tertiary/aromatic N) is 2. The molecule has 2 N–H and O–H groups in total. The number of halogens is 1. The lowest BCUT2D eigenvalue weighted by Gasteiger charge is -2.15. The monoisotopic (exact) mass is 348 g/mol. The van der Waals surface area contributed by atoms with E-state index in [-0.39, 0.29) is 18.0 Å². The van der Waals surface area contributed by atoms with Crippen molar-refractivity contribution in [3.63, 3.8) is 0 Å². The van der Waals surface area contributed by atoms with E-state index in [4.69, 9.17) is 4.74 Å². The van der Waals surface area contributed by atoms with Crippen LogP contribution in [-0.4, -0.2) is 28.1 Å². The molecule has 126 valence electrons. The molecule has 1 aromatic carbocycles. The molecular formula is C16H17FN4O2S. The molecule has 2 amide bonds. The molecule has 0 radical (unpaired) electrons. The first-order chi connectivity index (χ1) is 11.6. The third-order valence-electron chi connectivity index (χ3n) is 3.27. The molecule has 0 saturated heterocycles. The number of nitrogens with one attached hydrogen (secondary N) is 2. The van der Waals surface area contributed by atoms with E-state index in [2.05, 4.69) is 15.6 Å². The number of benzene rings is 1. The second kappa shape index (κ2) is 7.31. The highest BCUT2D eigenvalue weighted by molar-refractivity contribution is 7.15. The number of hydrogen-bond donors (Lipinski definition) is 2. The van der Waals surface area contributed by atoms with Crippen LogP contribution in [0.2, 0.25) is 0 Å². The lowest BCUT2D eigenvalue weighted by molar-refractivity contribution is 0.207. The van der Waals surface area contributed by atoms with Gasteiger partial charge in [-0.3, -0.25) is 4.40 Å². The third-order valence-corrected chi connectivity index (χ3v) is 4.04. The zero-order valence-corrected chi connectivity index (χ0v) is 13.8. The van der Waals surface area contributed by atoms with E-state index in [9.17, 15) is 9.18 Å². The molecule has 0 saturated carbocycles. The van der Waals surface area contributed by atoms with Gasteiger partial charge in [0.15, 0.2) is 4.96 Å². The van der Waals surface area contributed by atoms with Gasteiger partial charge in [-0.05, 0) is 31.2 Å². The van der Waals surface area contributed by atoms with E-state index in [1.54, 1.807) is 23.5 Å². The quantitative estimate of drug-likeness (QED) is 0.720. The van der Waals surface area contributed by atoms with Crippen LogP contribution in [0, 0.1) is 5.82 Å². The van der Waals surface area contributed by atoms with Crippen LogP contribution in [0.4, 0.5) is 9.18 Å². The maximum Gasteiger partial charge on any atom is 0.315 e. The van der Waals surface area contributed by atoms with Gasteiger partial charge < -0.3 is 15.4 Å². The van der Waals surface area contributed by atoms with Crippen molar-refractivity contribution < 1.29 is 13.9 Å². The molecule has 3 rings (SSSR count). The largest absolute Gasteiger partial charge is 0.489 e. The van der Waals surface area contributed by atoms with E-state index in [0.29, 0.717) is 18.8 Å². The summed E-state index contributed by atoms with van der Waals surface area (Å²) < 4.78 is 20.3. The number of aromatic nitrogens is 2. The zero-order chi connectivity index (χ0) is 16.9. The molecule has 24 heavy (non-hydrogen) atoms. The Hall–Kier alpha value is -2.61. The summed E-state index contributed by atoms with van der Waals surface area (Å²) >= 11 is 1.54. The summed E-state index contributed by atoms with van der Waals surface area (Å²) in [5.74, 6) is 0.246. The molecule has 3 aromatic rings. The van der Waals surface area contributed by atoms with E-state index < -0.39 is 0 Å². The summed E-state index contributed by atoms with van der Waals surface area (Å²) in [6.07, 6.45) is 3.57. The minimum absolute atomic E-state index is 0.237. The van der Waals surface area contributed by atoms with E-state index in [1.807, 2.05) is 29.1 Å². The number of carbonyl (C=O) groups is 1. The highest BCUT2D eigenvalue weighted by Gasteiger charge is 2.08. The van der Waals surface area contributed by atoms with Gasteiger partial charge in [0, 0.05) is 17.8 Å². The number of hydrogen-bond acceptors (Lipinski definition) is 4. The molecule has 0 aliphatic heterocycles. The SMILES string of the molecule is C[C@H](CNC(=O)NCc1cn2ccsc2n1)Oc1ccc(F)cc1. The molecule has 1 atom stereocenters. The average molecular weight is 348 g/mol. The number of fused-ring (bicyclic) bond motifs is 1. The van der Waals surface area contributed by atoms with Crippen LogP contribution < -0.4 is 15.4 Å². The normalized spacial score (nSPS) is 12.1. The molecule has 2 heterocycles. The van der Waals surface area contributed by atoms with Crippen LogP contribution in [0.1, 0.15) is 12.6 Å². The summed E-state index contributed by atoms with van der Waals surface area (Å²) in [4.78, 5) is 17.1. The lowest BCUT2D eigenvalue weighted by Crippen LogP contribution is -2.40. The Morgan fingerprint density at radius 3 is 2.92 bits per heavy atom. The van der Waals surface area contributed by atoms with E-state index in [1.165, 1.54) is 12.1 Å². The van der Waals surface area contributed by atoms with E-state index >= 15 is 0 Å². The predicted octanol–water partition coefficient (Wildman–Crippen LogP) is 2.80. The molecule has 6 nitrogen and oxygen atoms in total. The summed E-state index contributed by atoms with van der Waals surface area (Å²) in [5.41, 5.74) is 0.799. The maximum atomic E-state index is 12.8. The number of imidazole rings is 1. The van der Waals surface area contributed by atoms with Gasteiger partial charge in [0.05, 0.1) is 18.8 Å². The van der Waals surface area contributed by atoms with Crippen LogP contribution in [0.25, 0.3) is 4.96 Å². The van der Waals surface area contributed by atoms with Crippen LogP contribution in [0.3, 0.4) is 0 Å². The number of urea groups is 1. The smallest absolute Gasteiger partial charge is 0.315 e. The lowest BCUT2D eigenvalue weighted by atomic mass is 10.3. The summed E-state index contributed by atoms with van der Waals surface area (Å²) in [6.45, 7) is 2.52. The number of amides is 2. The summed E-state index contributed by atoms with van der Waals surface area (Å²) in [5, 5.41) is 7.43. The number of thiazole rings is 1. The van der Waals surface area contributed by atoms with Crippen molar-refractivity contribution in [1.29, 1.82) is 0 Å². The van der Waals surface area contributed by atoms with Crippen molar-refractivity contribution >= 4 is 22.3 Å². The molecule has 0 aliphatic carbocycles. The Balaban J connectivity index is 1.40. The van der Waals surface area contributed by atoms with E-state index in [0.717, 1.165) is 10.7 Å². The standard InChI is InChI=1S/C16H17FN4O2S/c1-11(23-14-4-2-12(17)3-5-14)8-18-15(22)19-9-13-10-21-6-7-24-16(21)20-13/h2-7,10-11H,8-9H2,1H3,(H2,18,19,22)/t11-/m1/s1. The fraction of sp³-hybridized carbons (Fsp3) is 0.250. The van der Waals surface area contributed by atoms with Gasteiger partial charge in [-0.1, -0.05) is 0 Å². The highest BCUT2D eigenvalue weighted by Crippen LogP contribution is 2.13. The van der Waals surface area contributed by atoms with Gasteiger partial charge in [0.25, 0.3) is 0 Å². The average Bonchev–Trinajstić information content (AvgIpc) is 3.14. The van der Waals surface area contributed by atoms with Gasteiger partial charge in [0.1, 0.15) is 17.7 Å².